The molecule has 0 aromatic heterocycles. The second-order valence-electron chi connectivity index (χ2n) is 5.05. The summed E-state index contributed by atoms with van der Waals surface area (Å²) in [5, 5.41) is 1.76. The van der Waals surface area contributed by atoms with E-state index in [0.717, 1.165) is 6.42 Å². The molecule has 6 nitrogen and oxygen atoms in total. The fraction of sp³-hybridized carbons (Fsp3) is 0.500. The van der Waals surface area contributed by atoms with Gasteiger partial charge in [0.2, 0.25) is 12.7 Å². The summed E-state index contributed by atoms with van der Waals surface area (Å²) in [7, 11) is -3.64. The molecule has 2 rings (SSSR count). The summed E-state index contributed by atoms with van der Waals surface area (Å²) >= 11 is 6.04. The molecule has 0 aliphatic carbocycles. The highest BCUT2D eigenvalue weighted by atomic mass is 35.5. The van der Waals surface area contributed by atoms with Crippen molar-refractivity contribution < 1.29 is 22.7 Å². The van der Waals surface area contributed by atoms with Crippen LogP contribution in [0.2, 0.25) is 5.02 Å². The van der Waals surface area contributed by atoms with Crippen molar-refractivity contribution >= 4 is 27.3 Å². The molecule has 0 bridgehead atoms. The Labute approximate surface area is 134 Å². The SMILES string of the molecule is CCCNC(=O)[C@H](C)S(=O)(=O)Cc1cc(Cl)c2c(c1)OCO2. The number of hydrogen-bond donors (Lipinski definition) is 1. The molecule has 0 fully saturated rings. The van der Waals surface area contributed by atoms with Gasteiger partial charge < -0.3 is 14.8 Å². The summed E-state index contributed by atoms with van der Waals surface area (Å²) in [6.07, 6.45) is 0.746. The third-order valence-electron chi connectivity index (χ3n) is 3.31. The van der Waals surface area contributed by atoms with Crippen molar-refractivity contribution in [1.82, 2.24) is 5.32 Å². The molecule has 0 radical (unpaired) electrons. The summed E-state index contributed by atoms with van der Waals surface area (Å²) in [6, 6.07) is 3.09. The molecule has 1 aliphatic heterocycles. The molecule has 0 saturated carbocycles. The minimum atomic E-state index is -3.64. The quantitative estimate of drug-likeness (QED) is 0.850. The van der Waals surface area contributed by atoms with Gasteiger partial charge in [0.15, 0.2) is 21.3 Å². The summed E-state index contributed by atoms with van der Waals surface area (Å²) in [6.45, 7) is 3.79. The van der Waals surface area contributed by atoms with E-state index in [2.05, 4.69) is 5.32 Å². The average molecular weight is 348 g/mol. The van der Waals surface area contributed by atoms with Crippen molar-refractivity contribution in [2.24, 2.45) is 0 Å². The van der Waals surface area contributed by atoms with Gasteiger partial charge in [-0.3, -0.25) is 4.79 Å². The fourth-order valence-corrected chi connectivity index (χ4v) is 3.60. The largest absolute Gasteiger partial charge is 0.454 e. The van der Waals surface area contributed by atoms with E-state index < -0.39 is 21.0 Å². The molecule has 0 unspecified atom stereocenters. The zero-order valence-electron chi connectivity index (χ0n) is 12.4. The molecular formula is C14H18ClNO5S. The minimum Gasteiger partial charge on any atom is -0.454 e. The van der Waals surface area contributed by atoms with Crippen molar-refractivity contribution in [3.05, 3.63) is 22.7 Å². The van der Waals surface area contributed by atoms with Gasteiger partial charge in [0, 0.05) is 6.54 Å². The van der Waals surface area contributed by atoms with Crippen LogP contribution >= 0.6 is 11.6 Å². The van der Waals surface area contributed by atoms with Crippen molar-refractivity contribution in [3.8, 4) is 11.5 Å². The molecule has 1 N–H and O–H groups in total. The molecule has 22 heavy (non-hydrogen) atoms. The second kappa shape index (κ2) is 6.75. The first-order valence-corrected chi connectivity index (χ1v) is 9.01. The van der Waals surface area contributed by atoms with E-state index >= 15 is 0 Å². The normalized spacial score (nSPS) is 14.7. The van der Waals surface area contributed by atoms with Crippen molar-refractivity contribution in [1.29, 1.82) is 0 Å². The highest BCUT2D eigenvalue weighted by molar-refractivity contribution is 7.92. The Morgan fingerprint density at radius 3 is 2.82 bits per heavy atom. The van der Waals surface area contributed by atoms with E-state index in [-0.39, 0.29) is 12.5 Å². The number of ether oxygens (including phenoxy) is 2. The maximum absolute atomic E-state index is 12.3. The van der Waals surface area contributed by atoms with E-state index in [9.17, 15) is 13.2 Å². The van der Waals surface area contributed by atoms with Crippen LogP contribution in [0.15, 0.2) is 12.1 Å². The maximum atomic E-state index is 12.3. The predicted molar refractivity (Wildman–Crippen MR) is 83.0 cm³/mol. The van der Waals surface area contributed by atoms with Crippen LogP contribution in [-0.2, 0) is 20.4 Å². The third kappa shape index (κ3) is 3.64. The van der Waals surface area contributed by atoms with E-state index in [1.165, 1.54) is 13.0 Å². The van der Waals surface area contributed by atoms with Gasteiger partial charge >= 0.3 is 0 Å². The Hall–Kier alpha value is -1.47. The number of sulfone groups is 1. The van der Waals surface area contributed by atoms with E-state index in [1.54, 1.807) is 6.07 Å². The number of amides is 1. The topological polar surface area (TPSA) is 81.7 Å². The molecule has 122 valence electrons. The van der Waals surface area contributed by atoms with Crippen LogP contribution in [0.3, 0.4) is 0 Å². The van der Waals surface area contributed by atoms with Crippen molar-refractivity contribution in [3.63, 3.8) is 0 Å². The van der Waals surface area contributed by atoms with Gasteiger partial charge in [-0.2, -0.15) is 0 Å². The fourth-order valence-electron chi connectivity index (χ4n) is 2.02. The summed E-state index contributed by atoms with van der Waals surface area (Å²) < 4.78 is 35.1. The molecule has 0 saturated heterocycles. The highest BCUT2D eigenvalue weighted by Crippen LogP contribution is 2.40. The molecule has 0 spiro atoms. The first-order valence-electron chi connectivity index (χ1n) is 6.92. The number of benzene rings is 1. The van der Waals surface area contributed by atoms with E-state index in [0.29, 0.717) is 28.6 Å². The lowest BCUT2D eigenvalue weighted by atomic mass is 10.2. The number of carbonyl (C=O) groups is 1. The Balaban J connectivity index is 2.15. The number of rotatable bonds is 6. The number of hydrogen-bond acceptors (Lipinski definition) is 5. The predicted octanol–water partition coefficient (Wildman–Crippen LogP) is 1.90. The van der Waals surface area contributed by atoms with Gasteiger partial charge in [-0.25, -0.2) is 8.42 Å². The lowest BCUT2D eigenvalue weighted by Gasteiger charge is -2.13. The molecule has 1 heterocycles. The second-order valence-corrected chi connectivity index (χ2v) is 7.78. The molecule has 1 amide bonds. The van der Waals surface area contributed by atoms with E-state index in [1.807, 2.05) is 6.92 Å². The Kier molecular flexibility index (Phi) is 5.18. The van der Waals surface area contributed by atoms with Crippen LogP contribution in [0, 0.1) is 0 Å². The lowest BCUT2D eigenvalue weighted by Crippen LogP contribution is -2.38. The van der Waals surface area contributed by atoms with Gasteiger partial charge in [-0.1, -0.05) is 18.5 Å². The zero-order valence-corrected chi connectivity index (χ0v) is 14.0. The van der Waals surface area contributed by atoms with Crippen LogP contribution in [0.1, 0.15) is 25.8 Å². The third-order valence-corrected chi connectivity index (χ3v) is 5.62. The minimum absolute atomic E-state index is 0.0566. The number of halogens is 1. The lowest BCUT2D eigenvalue weighted by molar-refractivity contribution is -0.120. The standard InChI is InChI=1S/C14H18ClNO5S/c1-3-4-16-14(17)9(2)22(18,19)7-10-5-11(15)13-12(6-10)20-8-21-13/h5-6,9H,3-4,7-8H2,1-2H3,(H,16,17)/t9-/m0/s1. The molecular weight excluding hydrogens is 330 g/mol. The van der Waals surface area contributed by atoms with Crippen LogP contribution in [-0.4, -0.2) is 32.9 Å². The number of carbonyl (C=O) groups excluding carboxylic acids is 1. The maximum Gasteiger partial charge on any atom is 0.238 e. The number of nitrogens with one attached hydrogen (secondary N) is 1. The van der Waals surface area contributed by atoms with Crippen LogP contribution in [0.5, 0.6) is 11.5 Å². The summed E-state index contributed by atoms with van der Waals surface area (Å²) in [5.41, 5.74) is 0.462. The molecule has 8 heteroatoms. The van der Waals surface area contributed by atoms with Crippen LogP contribution in [0.25, 0.3) is 0 Å². The molecule has 1 aliphatic rings. The number of fused-ring (bicyclic) bond motifs is 1. The first kappa shape index (κ1) is 16.9. The Bertz CT molecular complexity index is 674. The first-order chi connectivity index (χ1) is 10.3. The van der Waals surface area contributed by atoms with E-state index in [4.69, 9.17) is 21.1 Å². The molecule has 1 aromatic carbocycles. The van der Waals surface area contributed by atoms with Crippen LogP contribution < -0.4 is 14.8 Å². The average Bonchev–Trinajstić information content (AvgIpc) is 2.92. The monoisotopic (exact) mass is 347 g/mol. The van der Waals surface area contributed by atoms with Gasteiger partial charge in [-0.05, 0) is 31.0 Å². The van der Waals surface area contributed by atoms with Gasteiger partial charge in [-0.15, -0.1) is 0 Å². The van der Waals surface area contributed by atoms with Crippen molar-refractivity contribution in [2.75, 3.05) is 13.3 Å². The molecule has 1 atom stereocenters. The van der Waals surface area contributed by atoms with Crippen molar-refractivity contribution in [2.45, 2.75) is 31.3 Å². The highest BCUT2D eigenvalue weighted by Gasteiger charge is 2.29. The van der Waals surface area contributed by atoms with Gasteiger partial charge in [0.1, 0.15) is 5.25 Å². The smallest absolute Gasteiger partial charge is 0.238 e. The Morgan fingerprint density at radius 2 is 2.14 bits per heavy atom. The van der Waals surface area contributed by atoms with Crippen LogP contribution in [0.4, 0.5) is 0 Å². The van der Waals surface area contributed by atoms with Gasteiger partial charge in [0.05, 0.1) is 10.8 Å². The Morgan fingerprint density at radius 1 is 1.41 bits per heavy atom. The summed E-state index contributed by atoms with van der Waals surface area (Å²) in [4.78, 5) is 11.8. The molecule has 1 aromatic rings. The summed E-state index contributed by atoms with van der Waals surface area (Å²) in [5.74, 6) is 0.0513. The van der Waals surface area contributed by atoms with Gasteiger partial charge in [0.25, 0.3) is 0 Å². The zero-order chi connectivity index (χ0) is 16.3.